The summed E-state index contributed by atoms with van der Waals surface area (Å²) in [5.41, 5.74) is 7.58. The second-order valence-electron chi connectivity index (χ2n) is 4.16. The second kappa shape index (κ2) is 4.14. The Morgan fingerprint density at radius 3 is 2.78 bits per heavy atom. The van der Waals surface area contributed by atoms with E-state index >= 15 is 0 Å². The lowest BCUT2D eigenvalue weighted by molar-refractivity contribution is 0.174. The van der Waals surface area contributed by atoms with Crippen LogP contribution in [0.5, 0.6) is 23.0 Å². The minimum absolute atomic E-state index is 0.255. The molecule has 0 atom stereocenters. The van der Waals surface area contributed by atoms with Crippen LogP contribution in [0, 0.1) is 6.92 Å². The second-order valence-corrected chi connectivity index (χ2v) is 4.16. The van der Waals surface area contributed by atoms with E-state index in [1.807, 2.05) is 37.3 Å². The van der Waals surface area contributed by atoms with Crippen molar-refractivity contribution in [3.8, 4) is 23.0 Å². The number of ether oxygens (including phenoxy) is 3. The Labute approximate surface area is 105 Å². The molecule has 2 aromatic carbocycles. The van der Waals surface area contributed by atoms with Crippen LogP contribution >= 0.6 is 0 Å². The van der Waals surface area contributed by atoms with Crippen LogP contribution in [0.2, 0.25) is 0 Å². The van der Waals surface area contributed by atoms with Crippen LogP contribution in [-0.2, 0) is 0 Å². The Kier molecular flexibility index (Phi) is 2.48. The maximum Gasteiger partial charge on any atom is 0.231 e. The molecular formula is C14H13NO3. The van der Waals surface area contributed by atoms with Gasteiger partial charge in [0.15, 0.2) is 17.2 Å². The summed E-state index contributed by atoms with van der Waals surface area (Å²) in [6.45, 7) is 2.25. The molecule has 2 aromatic rings. The van der Waals surface area contributed by atoms with Gasteiger partial charge in [0.1, 0.15) is 5.75 Å². The first kappa shape index (κ1) is 10.8. The summed E-state index contributed by atoms with van der Waals surface area (Å²) in [6.07, 6.45) is 0. The lowest BCUT2D eigenvalue weighted by Gasteiger charge is -2.09. The molecule has 18 heavy (non-hydrogen) atoms. The monoisotopic (exact) mass is 243 g/mol. The standard InChI is InChI=1S/C14H13NO3/c1-9-2-4-11(15)13(6-9)18-10-3-5-12-14(7-10)17-8-16-12/h2-7H,8,15H2,1H3. The topological polar surface area (TPSA) is 53.7 Å². The number of nitrogens with two attached hydrogens (primary N) is 1. The quantitative estimate of drug-likeness (QED) is 0.823. The molecule has 0 saturated heterocycles. The van der Waals surface area contributed by atoms with Gasteiger partial charge in [-0.05, 0) is 36.8 Å². The van der Waals surface area contributed by atoms with Gasteiger partial charge in [0.25, 0.3) is 0 Å². The number of fused-ring (bicyclic) bond motifs is 1. The van der Waals surface area contributed by atoms with Gasteiger partial charge in [-0.3, -0.25) is 0 Å². The van der Waals surface area contributed by atoms with Crippen molar-refractivity contribution in [1.82, 2.24) is 0 Å². The van der Waals surface area contributed by atoms with Crippen molar-refractivity contribution in [2.75, 3.05) is 12.5 Å². The maximum atomic E-state index is 5.87. The predicted molar refractivity (Wildman–Crippen MR) is 68.2 cm³/mol. The molecule has 4 nitrogen and oxygen atoms in total. The van der Waals surface area contributed by atoms with Gasteiger partial charge < -0.3 is 19.9 Å². The van der Waals surface area contributed by atoms with Gasteiger partial charge in [-0.25, -0.2) is 0 Å². The average molecular weight is 243 g/mol. The van der Waals surface area contributed by atoms with E-state index in [0.29, 0.717) is 22.9 Å². The van der Waals surface area contributed by atoms with Crippen LogP contribution in [0.1, 0.15) is 5.56 Å². The van der Waals surface area contributed by atoms with E-state index in [-0.39, 0.29) is 6.79 Å². The van der Waals surface area contributed by atoms with Crippen molar-refractivity contribution in [2.45, 2.75) is 6.92 Å². The third kappa shape index (κ3) is 1.93. The lowest BCUT2D eigenvalue weighted by Crippen LogP contribution is -1.93. The van der Waals surface area contributed by atoms with Crippen LogP contribution in [0.25, 0.3) is 0 Å². The average Bonchev–Trinajstić information content (AvgIpc) is 2.81. The number of nitrogen functional groups attached to an aromatic ring is 1. The van der Waals surface area contributed by atoms with Gasteiger partial charge in [-0.1, -0.05) is 6.07 Å². The molecule has 0 bridgehead atoms. The molecule has 3 rings (SSSR count). The summed E-state index contributed by atoms with van der Waals surface area (Å²) in [4.78, 5) is 0. The molecular weight excluding hydrogens is 230 g/mol. The summed E-state index contributed by atoms with van der Waals surface area (Å²) in [5, 5.41) is 0. The Morgan fingerprint density at radius 1 is 1.06 bits per heavy atom. The summed E-state index contributed by atoms with van der Waals surface area (Å²) in [6, 6.07) is 11.1. The molecule has 0 aliphatic carbocycles. The smallest absolute Gasteiger partial charge is 0.231 e. The van der Waals surface area contributed by atoms with E-state index < -0.39 is 0 Å². The van der Waals surface area contributed by atoms with Gasteiger partial charge in [0.05, 0.1) is 5.69 Å². The molecule has 4 heteroatoms. The van der Waals surface area contributed by atoms with Crippen LogP contribution < -0.4 is 19.9 Å². The molecule has 0 spiro atoms. The minimum Gasteiger partial charge on any atom is -0.455 e. The number of hydrogen-bond acceptors (Lipinski definition) is 4. The zero-order valence-electron chi connectivity index (χ0n) is 9.97. The minimum atomic E-state index is 0.255. The molecule has 0 aromatic heterocycles. The van der Waals surface area contributed by atoms with Crippen molar-refractivity contribution in [1.29, 1.82) is 0 Å². The molecule has 0 unspecified atom stereocenters. The Morgan fingerprint density at radius 2 is 1.89 bits per heavy atom. The molecule has 0 fully saturated rings. The first-order chi connectivity index (χ1) is 8.72. The zero-order valence-corrected chi connectivity index (χ0v) is 9.97. The normalized spacial score (nSPS) is 12.5. The van der Waals surface area contributed by atoms with Gasteiger partial charge in [-0.15, -0.1) is 0 Å². The molecule has 2 N–H and O–H groups in total. The number of anilines is 1. The van der Waals surface area contributed by atoms with Crippen molar-refractivity contribution in [3.63, 3.8) is 0 Å². The van der Waals surface area contributed by atoms with Gasteiger partial charge in [0.2, 0.25) is 6.79 Å². The highest BCUT2D eigenvalue weighted by atomic mass is 16.7. The van der Waals surface area contributed by atoms with E-state index in [1.54, 1.807) is 6.07 Å². The first-order valence-electron chi connectivity index (χ1n) is 5.66. The third-order valence-electron chi connectivity index (χ3n) is 2.74. The molecule has 1 heterocycles. The van der Waals surface area contributed by atoms with Crippen LogP contribution in [0.15, 0.2) is 36.4 Å². The van der Waals surface area contributed by atoms with E-state index in [2.05, 4.69) is 0 Å². The number of benzene rings is 2. The first-order valence-corrected chi connectivity index (χ1v) is 5.66. The number of rotatable bonds is 2. The van der Waals surface area contributed by atoms with Gasteiger partial charge >= 0.3 is 0 Å². The van der Waals surface area contributed by atoms with E-state index in [0.717, 1.165) is 11.3 Å². The zero-order chi connectivity index (χ0) is 12.5. The van der Waals surface area contributed by atoms with Gasteiger partial charge in [-0.2, -0.15) is 0 Å². The van der Waals surface area contributed by atoms with Crippen molar-refractivity contribution in [3.05, 3.63) is 42.0 Å². The largest absolute Gasteiger partial charge is 0.455 e. The highest BCUT2D eigenvalue weighted by molar-refractivity contribution is 5.56. The van der Waals surface area contributed by atoms with Crippen molar-refractivity contribution < 1.29 is 14.2 Å². The number of aryl methyl sites for hydroxylation is 1. The summed E-state index contributed by atoms with van der Waals surface area (Å²) < 4.78 is 16.3. The third-order valence-corrected chi connectivity index (χ3v) is 2.74. The fraction of sp³-hybridized carbons (Fsp3) is 0.143. The Bertz CT molecular complexity index is 596. The summed E-state index contributed by atoms with van der Waals surface area (Å²) >= 11 is 0. The maximum absolute atomic E-state index is 5.87. The van der Waals surface area contributed by atoms with E-state index in [9.17, 15) is 0 Å². The van der Waals surface area contributed by atoms with Crippen molar-refractivity contribution in [2.24, 2.45) is 0 Å². The van der Waals surface area contributed by atoms with E-state index in [1.165, 1.54) is 0 Å². The molecule has 0 saturated carbocycles. The highest BCUT2D eigenvalue weighted by Gasteiger charge is 2.14. The predicted octanol–water partition coefficient (Wildman–Crippen LogP) is 3.10. The summed E-state index contributed by atoms with van der Waals surface area (Å²) in [7, 11) is 0. The fourth-order valence-corrected chi connectivity index (χ4v) is 1.80. The van der Waals surface area contributed by atoms with Crippen molar-refractivity contribution >= 4 is 5.69 Å². The van der Waals surface area contributed by atoms with Crippen LogP contribution in [-0.4, -0.2) is 6.79 Å². The summed E-state index contributed by atoms with van der Waals surface area (Å²) in [5.74, 6) is 2.75. The van der Waals surface area contributed by atoms with Crippen LogP contribution in [0.3, 0.4) is 0 Å². The fourth-order valence-electron chi connectivity index (χ4n) is 1.80. The molecule has 92 valence electrons. The Balaban J connectivity index is 1.90. The van der Waals surface area contributed by atoms with E-state index in [4.69, 9.17) is 19.9 Å². The molecule has 1 aliphatic heterocycles. The van der Waals surface area contributed by atoms with Gasteiger partial charge in [0, 0.05) is 6.07 Å². The lowest BCUT2D eigenvalue weighted by atomic mass is 10.2. The molecule has 0 amide bonds. The molecule has 1 aliphatic rings. The Hall–Kier alpha value is -2.36. The number of hydrogen-bond donors (Lipinski definition) is 1. The highest BCUT2D eigenvalue weighted by Crippen LogP contribution is 2.37. The SMILES string of the molecule is Cc1ccc(N)c(Oc2ccc3c(c2)OCO3)c1. The van der Waals surface area contributed by atoms with Crippen LogP contribution in [0.4, 0.5) is 5.69 Å². The molecule has 0 radical (unpaired) electrons.